The molecule has 34 heavy (non-hydrogen) atoms. The number of amides is 1. The molecule has 0 N–H and O–H groups in total. The molecule has 5 rings (SSSR count). The summed E-state index contributed by atoms with van der Waals surface area (Å²) in [6, 6.07) is 19.2. The lowest BCUT2D eigenvalue weighted by Crippen LogP contribution is -2.49. The summed E-state index contributed by atoms with van der Waals surface area (Å²) in [5.41, 5.74) is 4.57. The molecule has 0 spiro atoms. The summed E-state index contributed by atoms with van der Waals surface area (Å²) >= 11 is 1.62. The fourth-order valence-corrected chi connectivity index (χ4v) is 5.48. The van der Waals surface area contributed by atoms with E-state index in [2.05, 4.69) is 70.3 Å². The van der Waals surface area contributed by atoms with Crippen LogP contribution in [0.25, 0.3) is 10.6 Å². The molecule has 3 heterocycles. The zero-order chi connectivity index (χ0) is 23.3. The van der Waals surface area contributed by atoms with Crippen molar-refractivity contribution in [1.82, 2.24) is 19.7 Å². The second-order valence-corrected chi connectivity index (χ2v) is 10.2. The van der Waals surface area contributed by atoms with Gasteiger partial charge in [-0.15, -0.1) is 11.3 Å². The highest BCUT2D eigenvalue weighted by Gasteiger charge is 2.22. The summed E-state index contributed by atoms with van der Waals surface area (Å²) in [6.07, 6.45) is 0.378. The van der Waals surface area contributed by atoms with Crippen LogP contribution >= 0.6 is 11.3 Å². The second kappa shape index (κ2) is 10.7. The van der Waals surface area contributed by atoms with E-state index in [-0.39, 0.29) is 5.91 Å². The molecule has 2 aliphatic heterocycles. The first kappa shape index (κ1) is 23.0. The Balaban J connectivity index is 1.13. The Labute approximate surface area is 206 Å². The highest BCUT2D eigenvalue weighted by atomic mass is 32.1. The van der Waals surface area contributed by atoms with Crippen molar-refractivity contribution >= 4 is 22.9 Å². The van der Waals surface area contributed by atoms with E-state index in [1.165, 1.54) is 11.3 Å². The van der Waals surface area contributed by atoms with Gasteiger partial charge in [-0.1, -0.05) is 42.5 Å². The van der Waals surface area contributed by atoms with E-state index in [1.807, 2.05) is 16.3 Å². The molecule has 0 bridgehead atoms. The predicted molar refractivity (Wildman–Crippen MR) is 139 cm³/mol. The van der Waals surface area contributed by atoms with Crippen LogP contribution in [0.4, 0.5) is 5.69 Å². The highest BCUT2D eigenvalue weighted by molar-refractivity contribution is 7.13. The Morgan fingerprint density at radius 3 is 2.29 bits per heavy atom. The lowest BCUT2D eigenvalue weighted by atomic mass is 10.1. The third kappa shape index (κ3) is 5.66. The second-order valence-electron chi connectivity index (χ2n) is 9.30. The molecule has 2 aromatic carbocycles. The average Bonchev–Trinajstić information content (AvgIpc) is 3.35. The van der Waals surface area contributed by atoms with Gasteiger partial charge >= 0.3 is 0 Å². The topological polar surface area (TPSA) is 42.9 Å². The summed E-state index contributed by atoms with van der Waals surface area (Å²) in [5, 5.41) is 3.02. The standard InChI is InChI=1S/C27H33N5OS/c1-29-11-13-30(14-12-29)20-22-7-9-23(10-8-22)27-28-24(21-34-27)19-26(33)32-17-15-31(16-18-32)25-5-3-2-4-6-25/h2-10,21H,11-20H2,1H3. The number of hydrogen-bond acceptors (Lipinski definition) is 6. The number of carbonyl (C=O) groups excluding carboxylic acids is 1. The van der Waals surface area contributed by atoms with Crippen LogP contribution in [-0.2, 0) is 17.8 Å². The SMILES string of the molecule is CN1CCN(Cc2ccc(-c3nc(CC(=O)N4CCN(c5ccccc5)CC4)cs3)cc2)CC1. The Morgan fingerprint density at radius 2 is 1.59 bits per heavy atom. The quantitative estimate of drug-likeness (QED) is 0.546. The van der Waals surface area contributed by atoms with E-state index in [0.717, 1.165) is 75.2 Å². The molecular weight excluding hydrogens is 442 g/mol. The first-order valence-electron chi connectivity index (χ1n) is 12.2. The van der Waals surface area contributed by atoms with Gasteiger partial charge in [0.05, 0.1) is 12.1 Å². The lowest BCUT2D eigenvalue weighted by molar-refractivity contribution is -0.130. The number of carbonyl (C=O) groups is 1. The molecule has 0 atom stereocenters. The third-order valence-corrected chi connectivity index (χ3v) is 7.78. The highest BCUT2D eigenvalue weighted by Crippen LogP contribution is 2.25. The van der Waals surface area contributed by atoms with Gasteiger partial charge < -0.3 is 14.7 Å². The number of rotatable bonds is 6. The molecule has 0 radical (unpaired) electrons. The van der Waals surface area contributed by atoms with Gasteiger partial charge in [0.15, 0.2) is 0 Å². The molecule has 0 unspecified atom stereocenters. The molecule has 2 fully saturated rings. The minimum Gasteiger partial charge on any atom is -0.368 e. The maximum Gasteiger partial charge on any atom is 0.228 e. The van der Waals surface area contributed by atoms with Gasteiger partial charge in [0, 0.05) is 75.5 Å². The van der Waals surface area contributed by atoms with Crippen molar-refractivity contribution < 1.29 is 4.79 Å². The van der Waals surface area contributed by atoms with Crippen molar-refractivity contribution in [2.24, 2.45) is 0 Å². The minimum atomic E-state index is 0.173. The molecule has 1 amide bonds. The number of hydrogen-bond donors (Lipinski definition) is 0. The number of likely N-dealkylation sites (N-methyl/N-ethyl adjacent to an activating group) is 1. The molecule has 6 nitrogen and oxygen atoms in total. The molecular formula is C27H33N5OS. The Bertz CT molecular complexity index is 1070. The molecule has 2 aliphatic rings. The van der Waals surface area contributed by atoms with Crippen molar-refractivity contribution in [3.8, 4) is 10.6 Å². The number of benzene rings is 2. The van der Waals surface area contributed by atoms with Crippen LogP contribution < -0.4 is 4.90 Å². The van der Waals surface area contributed by atoms with Crippen LogP contribution in [0.2, 0.25) is 0 Å². The summed E-state index contributed by atoms with van der Waals surface area (Å²) < 4.78 is 0. The molecule has 1 aromatic heterocycles. The summed E-state index contributed by atoms with van der Waals surface area (Å²) in [5.74, 6) is 0.173. The van der Waals surface area contributed by atoms with Crippen LogP contribution in [0.5, 0.6) is 0 Å². The van der Waals surface area contributed by atoms with Crippen molar-refractivity contribution in [3.63, 3.8) is 0 Å². The Hall–Kier alpha value is -2.74. The van der Waals surface area contributed by atoms with Crippen LogP contribution in [0, 0.1) is 0 Å². The zero-order valence-electron chi connectivity index (χ0n) is 19.9. The van der Waals surface area contributed by atoms with Crippen molar-refractivity contribution in [2.45, 2.75) is 13.0 Å². The monoisotopic (exact) mass is 475 g/mol. The van der Waals surface area contributed by atoms with Gasteiger partial charge in [0.1, 0.15) is 5.01 Å². The molecule has 0 aliphatic carbocycles. The Kier molecular flexibility index (Phi) is 7.23. The number of thiazole rings is 1. The van der Waals surface area contributed by atoms with Crippen LogP contribution in [-0.4, -0.2) is 85.0 Å². The molecule has 3 aromatic rings. The minimum absolute atomic E-state index is 0.173. The average molecular weight is 476 g/mol. The molecule has 2 saturated heterocycles. The van der Waals surface area contributed by atoms with Gasteiger partial charge in [-0.3, -0.25) is 9.69 Å². The molecule has 0 saturated carbocycles. The van der Waals surface area contributed by atoms with E-state index in [1.54, 1.807) is 11.3 Å². The maximum atomic E-state index is 12.9. The number of para-hydroxylation sites is 1. The largest absolute Gasteiger partial charge is 0.368 e. The van der Waals surface area contributed by atoms with E-state index in [0.29, 0.717) is 6.42 Å². The maximum absolute atomic E-state index is 12.9. The van der Waals surface area contributed by atoms with Crippen molar-refractivity contribution in [3.05, 3.63) is 71.2 Å². The van der Waals surface area contributed by atoms with E-state index >= 15 is 0 Å². The summed E-state index contributed by atoms with van der Waals surface area (Å²) in [4.78, 5) is 26.9. The van der Waals surface area contributed by atoms with Crippen LogP contribution in [0.3, 0.4) is 0 Å². The Morgan fingerprint density at radius 1 is 0.882 bits per heavy atom. The number of piperazine rings is 2. The van der Waals surface area contributed by atoms with Crippen molar-refractivity contribution in [1.29, 1.82) is 0 Å². The number of anilines is 1. The van der Waals surface area contributed by atoms with Crippen LogP contribution in [0.15, 0.2) is 60.0 Å². The normalized spacial score (nSPS) is 17.8. The smallest absolute Gasteiger partial charge is 0.228 e. The number of nitrogens with zero attached hydrogens (tertiary/aromatic N) is 5. The third-order valence-electron chi connectivity index (χ3n) is 6.84. The fourth-order valence-electron chi connectivity index (χ4n) is 4.66. The van der Waals surface area contributed by atoms with E-state index < -0.39 is 0 Å². The van der Waals surface area contributed by atoms with Crippen LogP contribution in [0.1, 0.15) is 11.3 Å². The summed E-state index contributed by atoms with van der Waals surface area (Å²) in [7, 11) is 2.19. The zero-order valence-corrected chi connectivity index (χ0v) is 20.7. The fraction of sp³-hybridized carbons (Fsp3) is 0.407. The van der Waals surface area contributed by atoms with Gasteiger partial charge in [-0.2, -0.15) is 0 Å². The van der Waals surface area contributed by atoms with E-state index in [4.69, 9.17) is 4.98 Å². The van der Waals surface area contributed by atoms with E-state index in [9.17, 15) is 4.79 Å². The van der Waals surface area contributed by atoms with Gasteiger partial charge in [0.25, 0.3) is 0 Å². The van der Waals surface area contributed by atoms with Gasteiger partial charge in [-0.25, -0.2) is 4.98 Å². The first-order valence-corrected chi connectivity index (χ1v) is 13.0. The van der Waals surface area contributed by atoms with Gasteiger partial charge in [0.2, 0.25) is 5.91 Å². The molecule has 7 heteroatoms. The van der Waals surface area contributed by atoms with Gasteiger partial charge in [-0.05, 0) is 24.7 Å². The number of aromatic nitrogens is 1. The first-order chi connectivity index (χ1) is 16.6. The lowest BCUT2D eigenvalue weighted by Gasteiger charge is -2.36. The van der Waals surface area contributed by atoms with Crippen molar-refractivity contribution in [2.75, 3.05) is 64.3 Å². The predicted octanol–water partition coefficient (Wildman–Crippen LogP) is 3.45. The summed E-state index contributed by atoms with van der Waals surface area (Å²) in [6.45, 7) is 8.81. The molecule has 178 valence electrons.